The Morgan fingerprint density at radius 2 is 1.92 bits per heavy atom. The van der Waals surface area contributed by atoms with Crippen molar-refractivity contribution in [3.05, 3.63) is 59.9 Å². The van der Waals surface area contributed by atoms with Gasteiger partial charge in [-0.2, -0.15) is 0 Å². The van der Waals surface area contributed by atoms with E-state index >= 15 is 0 Å². The van der Waals surface area contributed by atoms with Crippen LogP contribution in [0.25, 0.3) is 0 Å². The second-order valence-electron chi connectivity index (χ2n) is 5.67. The molecule has 1 aliphatic rings. The number of amides is 2. The first-order valence-electron chi connectivity index (χ1n) is 7.74. The number of nitrogens with zero attached hydrogens (tertiary/aromatic N) is 1. The number of halogens is 1. The first-order valence-corrected chi connectivity index (χ1v) is 7.74. The summed E-state index contributed by atoms with van der Waals surface area (Å²) >= 11 is 0. The number of para-hydroxylation sites is 2. The van der Waals surface area contributed by atoms with Crippen molar-refractivity contribution < 1.29 is 18.7 Å². The molecule has 0 saturated carbocycles. The highest BCUT2D eigenvalue weighted by Gasteiger charge is 2.21. The van der Waals surface area contributed by atoms with Gasteiger partial charge in [0.05, 0.1) is 6.54 Å². The van der Waals surface area contributed by atoms with Gasteiger partial charge >= 0.3 is 6.03 Å². The minimum Gasteiger partial charge on any atom is -0.486 e. The highest BCUT2D eigenvalue weighted by molar-refractivity contribution is 5.73. The lowest BCUT2D eigenvalue weighted by molar-refractivity contribution is 0.0904. The van der Waals surface area contributed by atoms with Crippen molar-refractivity contribution in [1.82, 2.24) is 10.2 Å². The van der Waals surface area contributed by atoms with E-state index in [4.69, 9.17) is 9.47 Å². The molecule has 0 radical (unpaired) electrons. The molecule has 0 aliphatic carbocycles. The summed E-state index contributed by atoms with van der Waals surface area (Å²) in [6, 6.07) is 13.3. The molecule has 2 aromatic rings. The Morgan fingerprint density at radius 3 is 2.67 bits per heavy atom. The number of urea groups is 1. The lowest BCUT2D eigenvalue weighted by Gasteiger charge is -2.27. The van der Waals surface area contributed by atoms with Gasteiger partial charge < -0.3 is 19.7 Å². The SMILES string of the molecule is CN(Cc1ccc(F)cc1)C(=O)NC[C@H]1COc2ccccc2O1. The van der Waals surface area contributed by atoms with Crippen molar-refractivity contribution in [2.45, 2.75) is 12.6 Å². The summed E-state index contributed by atoms with van der Waals surface area (Å²) < 4.78 is 24.3. The average Bonchev–Trinajstić information content (AvgIpc) is 2.61. The van der Waals surface area contributed by atoms with Gasteiger partial charge in [-0.15, -0.1) is 0 Å². The second kappa shape index (κ2) is 7.21. The third kappa shape index (κ3) is 3.95. The lowest BCUT2D eigenvalue weighted by Crippen LogP contribution is -2.44. The Hall–Kier alpha value is -2.76. The first kappa shape index (κ1) is 16.1. The molecule has 0 unspecified atom stereocenters. The van der Waals surface area contributed by atoms with Crippen molar-refractivity contribution in [2.75, 3.05) is 20.2 Å². The van der Waals surface area contributed by atoms with Crippen LogP contribution < -0.4 is 14.8 Å². The number of carbonyl (C=O) groups excluding carboxylic acids is 1. The standard InChI is InChI=1S/C18H19FN2O3/c1-21(11-13-6-8-14(19)9-7-13)18(22)20-10-15-12-23-16-4-2-3-5-17(16)24-15/h2-9,15H,10-12H2,1H3,(H,20,22)/t15-/m0/s1. The van der Waals surface area contributed by atoms with Crippen molar-refractivity contribution in [1.29, 1.82) is 0 Å². The van der Waals surface area contributed by atoms with E-state index in [0.29, 0.717) is 31.2 Å². The Labute approximate surface area is 140 Å². The zero-order valence-electron chi connectivity index (χ0n) is 13.4. The third-order valence-corrected chi connectivity index (χ3v) is 3.73. The maximum atomic E-state index is 12.9. The molecule has 2 aromatic carbocycles. The van der Waals surface area contributed by atoms with Crippen LogP contribution >= 0.6 is 0 Å². The molecule has 24 heavy (non-hydrogen) atoms. The fraction of sp³-hybridized carbons (Fsp3) is 0.278. The van der Waals surface area contributed by atoms with Crippen LogP contribution in [0.2, 0.25) is 0 Å². The summed E-state index contributed by atoms with van der Waals surface area (Å²) in [4.78, 5) is 13.7. The number of hydrogen-bond acceptors (Lipinski definition) is 3. The highest BCUT2D eigenvalue weighted by atomic mass is 19.1. The number of hydrogen-bond donors (Lipinski definition) is 1. The van der Waals surface area contributed by atoms with Gasteiger partial charge in [-0.25, -0.2) is 9.18 Å². The van der Waals surface area contributed by atoms with Crippen LogP contribution in [0.4, 0.5) is 9.18 Å². The lowest BCUT2D eigenvalue weighted by atomic mass is 10.2. The summed E-state index contributed by atoms with van der Waals surface area (Å²) in [5, 5.41) is 2.82. The molecule has 5 nitrogen and oxygen atoms in total. The van der Waals surface area contributed by atoms with Gasteiger partial charge in [0, 0.05) is 13.6 Å². The van der Waals surface area contributed by atoms with Crippen LogP contribution in [0.15, 0.2) is 48.5 Å². The van der Waals surface area contributed by atoms with E-state index in [9.17, 15) is 9.18 Å². The normalized spacial score (nSPS) is 15.7. The number of rotatable bonds is 4. The molecule has 0 bridgehead atoms. The summed E-state index contributed by atoms with van der Waals surface area (Å²) in [6.07, 6.45) is -0.233. The fourth-order valence-corrected chi connectivity index (χ4v) is 2.44. The number of fused-ring (bicyclic) bond motifs is 1. The maximum Gasteiger partial charge on any atom is 0.317 e. The van der Waals surface area contributed by atoms with Crippen LogP contribution in [-0.2, 0) is 6.54 Å². The average molecular weight is 330 g/mol. The molecular weight excluding hydrogens is 311 g/mol. The molecule has 0 spiro atoms. The zero-order chi connectivity index (χ0) is 16.9. The van der Waals surface area contributed by atoms with Gasteiger partial charge in [0.15, 0.2) is 17.6 Å². The molecule has 3 rings (SSSR count). The fourth-order valence-electron chi connectivity index (χ4n) is 2.44. The second-order valence-corrected chi connectivity index (χ2v) is 5.67. The minimum absolute atomic E-state index is 0.221. The molecule has 0 aromatic heterocycles. The van der Waals surface area contributed by atoms with E-state index in [0.717, 1.165) is 5.56 Å². The zero-order valence-corrected chi connectivity index (χ0v) is 13.4. The number of ether oxygens (including phenoxy) is 2. The molecule has 2 amide bonds. The summed E-state index contributed by atoms with van der Waals surface area (Å²) in [6.45, 7) is 1.14. The summed E-state index contributed by atoms with van der Waals surface area (Å²) in [5.41, 5.74) is 0.861. The smallest absolute Gasteiger partial charge is 0.317 e. The summed E-state index contributed by atoms with van der Waals surface area (Å²) in [7, 11) is 1.69. The highest BCUT2D eigenvalue weighted by Crippen LogP contribution is 2.30. The Kier molecular flexibility index (Phi) is 4.84. The van der Waals surface area contributed by atoms with E-state index in [1.54, 1.807) is 19.2 Å². The van der Waals surface area contributed by atoms with E-state index in [1.807, 2.05) is 24.3 Å². The van der Waals surface area contributed by atoms with Gasteiger partial charge in [-0.1, -0.05) is 24.3 Å². The molecule has 1 heterocycles. The third-order valence-electron chi connectivity index (χ3n) is 3.73. The number of benzene rings is 2. The predicted octanol–water partition coefficient (Wildman–Crippen LogP) is 2.81. The molecular formula is C18H19FN2O3. The molecule has 0 saturated heterocycles. The quantitative estimate of drug-likeness (QED) is 0.938. The van der Waals surface area contributed by atoms with Crippen LogP contribution in [0.5, 0.6) is 11.5 Å². The van der Waals surface area contributed by atoms with E-state index < -0.39 is 0 Å². The Morgan fingerprint density at radius 1 is 1.21 bits per heavy atom. The predicted molar refractivity (Wildman–Crippen MR) is 87.6 cm³/mol. The first-order chi connectivity index (χ1) is 11.6. The largest absolute Gasteiger partial charge is 0.486 e. The van der Waals surface area contributed by atoms with E-state index in [-0.39, 0.29) is 18.0 Å². The molecule has 6 heteroatoms. The Balaban J connectivity index is 1.48. The minimum atomic E-state index is -0.291. The van der Waals surface area contributed by atoms with Gasteiger partial charge in [-0.05, 0) is 29.8 Å². The molecule has 1 aliphatic heterocycles. The summed E-state index contributed by atoms with van der Waals surface area (Å²) in [5.74, 6) is 1.11. The van der Waals surface area contributed by atoms with Gasteiger partial charge in [0.2, 0.25) is 0 Å². The molecule has 1 N–H and O–H groups in total. The Bertz CT molecular complexity index is 706. The number of nitrogens with one attached hydrogen (secondary N) is 1. The van der Waals surface area contributed by atoms with Crippen molar-refractivity contribution >= 4 is 6.03 Å². The van der Waals surface area contributed by atoms with Gasteiger partial charge in [-0.3, -0.25) is 0 Å². The van der Waals surface area contributed by atoms with Gasteiger partial charge in [0.25, 0.3) is 0 Å². The molecule has 126 valence electrons. The van der Waals surface area contributed by atoms with Crippen molar-refractivity contribution in [3.8, 4) is 11.5 Å². The van der Waals surface area contributed by atoms with Crippen LogP contribution in [-0.4, -0.2) is 37.2 Å². The van der Waals surface area contributed by atoms with Crippen LogP contribution in [0.3, 0.4) is 0 Å². The molecule has 0 fully saturated rings. The van der Waals surface area contributed by atoms with E-state index in [2.05, 4.69) is 5.32 Å². The topological polar surface area (TPSA) is 50.8 Å². The van der Waals surface area contributed by atoms with Gasteiger partial charge in [0.1, 0.15) is 12.4 Å². The van der Waals surface area contributed by atoms with Crippen LogP contribution in [0.1, 0.15) is 5.56 Å². The number of carbonyl (C=O) groups is 1. The maximum absolute atomic E-state index is 12.9. The van der Waals surface area contributed by atoms with E-state index in [1.165, 1.54) is 17.0 Å². The van der Waals surface area contributed by atoms with Crippen molar-refractivity contribution in [2.24, 2.45) is 0 Å². The monoisotopic (exact) mass is 330 g/mol. The molecule has 1 atom stereocenters. The van der Waals surface area contributed by atoms with Crippen LogP contribution in [0, 0.1) is 5.82 Å². The van der Waals surface area contributed by atoms with Crippen molar-refractivity contribution in [3.63, 3.8) is 0 Å².